The Kier molecular flexibility index (Phi) is 5.98. The van der Waals surface area contributed by atoms with Gasteiger partial charge in [-0.15, -0.1) is 0 Å². The van der Waals surface area contributed by atoms with Crippen LogP contribution >= 0.6 is 0 Å². The number of rotatable bonds is 4. The molecule has 0 radical (unpaired) electrons. The van der Waals surface area contributed by atoms with Crippen molar-refractivity contribution in [2.24, 2.45) is 0 Å². The Balaban J connectivity index is 1.68. The number of hydrogen-bond donors (Lipinski definition) is 1. The molecular formula is C18H23FN4O5. The van der Waals surface area contributed by atoms with Crippen LogP contribution in [0.4, 0.5) is 20.6 Å². The summed E-state index contributed by atoms with van der Waals surface area (Å²) in [5.41, 5.74) is 0.758. The van der Waals surface area contributed by atoms with E-state index < -0.39 is 18.0 Å². The highest BCUT2D eigenvalue weighted by molar-refractivity contribution is 5.90. The van der Waals surface area contributed by atoms with E-state index in [1.807, 2.05) is 0 Å². The van der Waals surface area contributed by atoms with E-state index in [0.717, 1.165) is 0 Å². The van der Waals surface area contributed by atoms with E-state index >= 15 is 0 Å². The molecular weight excluding hydrogens is 371 g/mol. The third-order valence-corrected chi connectivity index (χ3v) is 4.57. The summed E-state index contributed by atoms with van der Waals surface area (Å²) in [6.07, 6.45) is -1.07. The molecule has 3 amide bonds. The first-order valence-corrected chi connectivity index (χ1v) is 9.03. The molecule has 1 atom stereocenters. The molecule has 1 N–H and O–H groups in total. The van der Waals surface area contributed by atoms with Crippen molar-refractivity contribution < 1.29 is 28.3 Å². The summed E-state index contributed by atoms with van der Waals surface area (Å²) in [5.74, 6) is -0.888. The third-order valence-electron chi connectivity index (χ3n) is 4.57. The van der Waals surface area contributed by atoms with Gasteiger partial charge < -0.3 is 15.0 Å². The van der Waals surface area contributed by atoms with E-state index in [-0.39, 0.29) is 31.5 Å². The van der Waals surface area contributed by atoms with Gasteiger partial charge in [-0.2, -0.15) is 0 Å². The van der Waals surface area contributed by atoms with Crippen molar-refractivity contribution in [3.05, 3.63) is 24.0 Å². The number of ether oxygens (including phenoxy) is 1. The fourth-order valence-electron chi connectivity index (χ4n) is 3.15. The highest BCUT2D eigenvalue weighted by Gasteiger charge is 2.33. The van der Waals surface area contributed by atoms with Crippen LogP contribution in [-0.2, 0) is 19.2 Å². The first-order valence-electron chi connectivity index (χ1n) is 9.03. The van der Waals surface area contributed by atoms with Crippen LogP contribution in [0.2, 0.25) is 0 Å². The summed E-state index contributed by atoms with van der Waals surface area (Å²) in [4.78, 5) is 43.0. The maximum absolute atomic E-state index is 14.8. The van der Waals surface area contributed by atoms with Crippen LogP contribution in [0.25, 0.3) is 0 Å². The Labute approximate surface area is 161 Å². The fourth-order valence-corrected chi connectivity index (χ4v) is 3.15. The number of benzene rings is 1. The SMILES string of the molecule is CC(=O)NC[C@H]1CN(c2ccc(N3CCON(C(C)=O)CC3)c(F)c2)C(=O)O1. The van der Waals surface area contributed by atoms with Gasteiger partial charge in [0.1, 0.15) is 11.9 Å². The van der Waals surface area contributed by atoms with Crippen molar-refractivity contribution in [1.29, 1.82) is 0 Å². The first kappa shape index (κ1) is 19.9. The average molecular weight is 394 g/mol. The fraction of sp³-hybridized carbons (Fsp3) is 0.500. The monoisotopic (exact) mass is 394 g/mol. The van der Waals surface area contributed by atoms with Gasteiger partial charge in [0, 0.05) is 26.9 Å². The van der Waals surface area contributed by atoms with E-state index in [2.05, 4.69) is 5.32 Å². The Bertz CT molecular complexity index is 774. The second kappa shape index (κ2) is 8.42. The minimum absolute atomic E-state index is 0.195. The lowest BCUT2D eigenvalue weighted by Gasteiger charge is -2.23. The second-order valence-electron chi connectivity index (χ2n) is 6.63. The average Bonchev–Trinajstić information content (AvgIpc) is 2.85. The zero-order valence-electron chi connectivity index (χ0n) is 15.8. The standard InChI is InChI=1S/C18H23FN4O5/c1-12(24)20-10-15-11-22(18(26)28-15)14-3-4-17(16(19)9-14)21-5-6-23(13(2)25)27-8-7-21/h3-4,9,15H,5-8,10-11H2,1-2H3,(H,20,24)/t15-/m0/s1. The zero-order chi connectivity index (χ0) is 20.3. The maximum Gasteiger partial charge on any atom is 0.414 e. The van der Waals surface area contributed by atoms with Gasteiger partial charge in [-0.05, 0) is 18.2 Å². The molecule has 0 saturated carbocycles. The molecule has 152 valence electrons. The number of nitrogens with zero attached hydrogens (tertiary/aromatic N) is 3. The van der Waals surface area contributed by atoms with Gasteiger partial charge in [-0.25, -0.2) is 14.2 Å². The molecule has 2 heterocycles. The Morgan fingerprint density at radius 1 is 1.25 bits per heavy atom. The van der Waals surface area contributed by atoms with Crippen LogP contribution in [0.1, 0.15) is 13.8 Å². The van der Waals surface area contributed by atoms with Crippen LogP contribution < -0.4 is 15.1 Å². The van der Waals surface area contributed by atoms with E-state index in [0.29, 0.717) is 31.0 Å². The Hall–Kier alpha value is -2.88. The van der Waals surface area contributed by atoms with Gasteiger partial charge >= 0.3 is 6.09 Å². The molecule has 1 aromatic rings. The minimum atomic E-state index is -0.581. The molecule has 2 saturated heterocycles. The number of carbonyl (C=O) groups is 3. The van der Waals surface area contributed by atoms with Gasteiger partial charge in [-0.1, -0.05) is 0 Å². The molecule has 2 aliphatic heterocycles. The summed E-state index contributed by atoms with van der Waals surface area (Å²) in [6, 6.07) is 4.53. The summed E-state index contributed by atoms with van der Waals surface area (Å²) in [7, 11) is 0. The molecule has 0 bridgehead atoms. The minimum Gasteiger partial charge on any atom is -0.442 e. The molecule has 9 nitrogen and oxygen atoms in total. The highest BCUT2D eigenvalue weighted by atomic mass is 19.1. The lowest BCUT2D eigenvalue weighted by Crippen LogP contribution is -2.33. The number of nitrogens with one attached hydrogen (secondary N) is 1. The van der Waals surface area contributed by atoms with Gasteiger partial charge in [0.25, 0.3) is 0 Å². The van der Waals surface area contributed by atoms with Gasteiger partial charge in [0.05, 0.1) is 37.6 Å². The number of hydrogen-bond acceptors (Lipinski definition) is 6. The Morgan fingerprint density at radius 2 is 2.04 bits per heavy atom. The van der Waals surface area contributed by atoms with E-state index in [1.54, 1.807) is 17.0 Å². The summed E-state index contributed by atoms with van der Waals surface area (Å²) in [6.45, 7) is 4.70. The number of amides is 3. The number of halogens is 1. The van der Waals surface area contributed by atoms with Crippen LogP contribution in [0, 0.1) is 5.82 Å². The summed E-state index contributed by atoms with van der Waals surface area (Å²) >= 11 is 0. The van der Waals surface area contributed by atoms with Crippen LogP contribution in [-0.4, -0.2) is 68.4 Å². The topological polar surface area (TPSA) is 91.4 Å². The molecule has 0 aliphatic carbocycles. The van der Waals surface area contributed by atoms with Crippen molar-refractivity contribution in [3.63, 3.8) is 0 Å². The van der Waals surface area contributed by atoms with Crippen LogP contribution in [0.15, 0.2) is 18.2 Å². The van der Waals surface area contributed by atoms with Gasteiger partial charge in [-0.3, -0.25) is 19.3 Å². The smallest absolute Gasteiger partial charge is 0.414 e. The predicted octanol–water partition coefficient (Wildman–Crippen LogP) is 0.887. The van der Waals surface area contributed by atoms with Crippen LogP contribution in [0.3, 0.4) is 0 Å². The second-order valence-corrected chi connectivity index (χ2v) is 6.63. The summed E-state index contributed by atoms with van der Waals surface area (Å²) in [5, 5.41) is 3.86. The van der Waals surface area contributed by atoms with E-state index in [4.69, 9.17) is 9.57 Å². The zero-order valence-corrected chi connectivity index (χ0v) is 15.8. The van der Waals surface area contributed by atoms with E-state index in [9.17, 15) is 18.8 Å². The highest BCUT2D eigenvalue weighted by Crippen LogP contribution is 2.28. The number of carbonyl (C=O) groups excluding carboxylic acids is 3. The van der Waals surface area contributed by atoms with Crippen LogP contribution in [0.5, 0.6) is 0 Å². The van der Waals surface area contributed by atoms with Gasteiger partial charge in [0.15, 0.2) is 0 Å². The predicted molar refractivity (Wildman–Crippen MR) is 98.3 cm³/mol. The normalized spacial score (nSPS) is 20.0. The molecule has 2 fully saturated rings. The number of anilines is 2. The molecule has 1 aromatic carbocycles. The molecule has 0 aromatic heterocycles. The van der Waals surface area contributed by atoms with Crippen molar-refractivity contribution in [2.45, 2.75) is 20.0 Å². The summed E-state index contributed by atoms with van der Waals surface area (Å²) < 4.78 is 20.0. The maximum atomic E-state index is 14.8. The lowest BCUT2D eigenvalue weighted by molar-refractivity contribution is -0.179. The van der Waals surface area contributed by atoms with Crippen molar-refractivity contribution in [2.75, 3.05) is 49.1 Å². The lowest BCUT2D eigenvalue weighted by atomic mass is 10.2. The third kappa shape index (κ3) is 4.50. The van der Waals surface area contributed by atoms with E-state index in [1.165, 1.54) is 29.9 Å². The van der Waals surface area contributed by atoms with Crippen molar-refractivity contribution in [3.8, 4) is 0 Å². The van der Waals surface area contributed by atoms with Gasteiger partial charge in [0.2, 0.25) is 11.8 Å². The first-order chi connectivity index (χ1) is 13.3. The quantitative estimate of drug-likeness (QED) is 0.816. The molecule has 2 aliphatic rings. The largest absolute Gasteiger partial charge is 0.442 e. The molecule has 0 spiro atoms. The number of cyclic esters (lactones) is 1. The molecule has 28 heavy (non-hydrogen) atoms. The molecule has 0 unspecified atom stereocenters. The molecule has 10 heteroatoms. The Morgan fingerprint density at radius 3 is 2.71 bits per heavy atom. The number of hydroxylamine groups is 2. The van der Waals surface area contributed by atoms with Crippen molar-refractivity contribution in [1.82, 2.24) is 10.4 Å². The molecule has 3 rings (SSSR count). The van der Waals surface area contributed by atoms with Crippen molar-refractivity contribution >= 4 is 29.3 Å².